The van der Waals surface area contributed by atoms with Crippen molar-refractivity contribution in [2.75, 3.05) is 18.5 Å². The van der Waals surface area contributed by atoms with E-state index in [4.69, 9.17) is 4.74 Å². The van der Waals surface area contributed by atoms with Gasteiger partial charge in [-0.25, -0.2) is 0 Å². The number of carbonyl (C=O) groups is 3. The van der Waals surface area contributed by atoms with Crippen molar-refractivity contribution in [1.82, 2.24) is 5.32 Å². The summed E-state index contributed by atoms with van der Waals surface area (Å²) in [6.45, 7) is 6.06. The maximum atomic E-state index is 11.8. The van der Waals surface area contributed by atoms with Gasteiger partial charge in [-0.1, -0.05) is 19.9 Å². The fraction of sp³-hybridized carbons (Fsp3) is 0.471. The highest BCUT2D eigenvalue weighted by atomic mass is 16.5. The lowest BCUT2D eigenvalue weighted by Crippen LogP contribution is -2.23. The van der Waals surface area contributed by atoms with E-state index in [0.29, 0.717) is 30.1 Å². The van der Waals surface area contributed by atoms with Crippen LogP contribution in [0.3, 0.4) is 0 Å². The molecule has 126 valence electrons. The largest absolute Gasteiger partial charge is 0.456 e. The molecule has 1 aromatic carbocycles. The number of ether oxygens (including phenoxy) is 1. The Hall–Kier alpha value is -2.37. The van der Waals surface area contributed by atoms with Crippen molar-refractivity contribution in [3.05, 3.63) is 29.8 Å². The lowest BCUT2D eigenvalue weighted by atomic mass is 10.1. The Bertz CT molecular complexity index is 555. The second-order valence-electron chi connectivity index (χ2n) is 5.58. The number of hydrogen-bond donors (Lipinski definition) is 2. The van der Waals surface area contributed by atoms with Gasteiger partial charge in [-0.2, -0.15) is 0 Å². The van der Waals surface area contributed by atoms with Crippen LogP contribution in [0.4, 0.5) is 5.69 Å². The minimum atomic E-state index is -0.434. The number of anilines is 1. The molecule has 23 heavy (non-hydrogen) atoms. The molecule has 2 N–H and O–H groups in total. The molecular formula is C17H24N2O4. The number of nitrogens with one attached hydrogen (secondary N) is 2. The summed E-state index contributed by atoms with van der Waals surface area (Å²) in [4.78, 5) is 35.0. The minimum Gasteiger partial charge on any atom is -0.456 e. The van der Waals surface area contributed by atoms with Crippen LogP contribution in [-0.2, 0) is 14.3 Å². The molecule has 0 saturated carbocycles. The number of rotatable bonds is 8. The zero-order chi connectivity index (χ0) is 17.2. The summed E-state index contributed by atoms with van der Waals surface area (Å²) in [7, 11) is 0. The smallest absolute Gasteiger partial charge is 0.306 e. The number of benzene rings is 1. The molecule has 1 rings (SSSR count). The molecule has 0 aromatic heterocycles. The molecule has 6 heteroatoms. The number of hydrogen-bond acceptors (Lipinski definition) is 4. The second kappa shape index (κ2) is 9.61. The van der Waals surface area contributed by atoms with E-state index in [9.17, 15) is 14.4 Å². The van der Waals surface area contributed by atoms with Crippen molar-refractivity contribution in [1.29, 1.82) is 0 Å². The van der Waals surface area contributed by atoms with Crippen LogP contribution in [0.25, 0.3) is 0 Å². The van der Waals surface area contributed by atoms with Crippen molar-refractivity contribution < 1.29 is 19.1 Å². The molecule has 0 atom stereocenters. The van der Waals surface area contributed by atoms with Gasteiger partial charge in [0, 0.05) is 24.2 Å². The molecule has 0 spiro atoms. The van der Waals surface area contributed by atoms with Crippen LogP contribution in [0.15, 0.2) is 24.3 Å². The predicted octanol–water partition coefficient (Wildman–Crippen LogP) is 2.35. The topological polar surface area (TPSA) is 84.5 Å². The monoisotopic (exact) mass is 320 g/mol. The fourth-order valence-corrected chi connectivity index (χ4v) is 1.82. The molecule has 2 amide bonds. The zero-order valence-corrected chi connectivity index (χ0v) is 13.8. The molecule has 6 nitrogen and oxygen atoms in total. The van der Waals surface area contributed by atoms with Crippen molar-refractivity contribution in [3.63, 3.8) is 0 Å². The number of esters is 1. The zero-order valence-electron chi connectivity index (χ0n) is 13.8. The van der Waals surface area contributed by atoms with E-state index in [1.54, 1.807) is 24.3 Å². The van der Waals surface area contributed by atoms with E-state index in [0.717, 1.165) is 6.42 Å². The Balaban J connectivity index is 2.46. The normalized spacial score (nSPS) is 10.3. The average Bonchev–Trinajstić information content (AvgIpc) is 2.51. The second-order valence-corrected chi connectivity index (χ2v) is 5.58. The van der Waals surface area contributed by atoms with Gasteiger partial charge in [-0.15, -0.1) is 0 Å². The van der Waals surface area contributed by atoms with Gasteiger partial charge in [0.05, 0.1) is 0 Å². The van der Waals surface area contributed by atoms with Crippen LogP contribution in [0, 0.1) is 5.92 Å². The fourth-order valence-electron chi connectivity index (χ4n) is 1.82. The summed E-state index contributed by atoms with van der Waals surface area (Å²) in [5.74, 6) is -0.613. The maximum Gasteiger partial charge on any atom is 0.306 e. The lowest BCUT2D eigenvalue weighted by molar-refractivity contribution is -0.147. The Morgan fingerprint density at radius 1 is 1.22 bits per heavy atom. The third-order valence-corrected chi connectivity index (χ3v) is 3.04. The van der Waals surface area contributed by atoms with E-state index >= 15 is 0 Å². The molecule has 0 saturated heterocycles. The summed E-state index contributed by atoms with van der Waals surface area (Å²) >= 11 is 0. The standard InChI is InChI=1S/C17H24N2O4/c1-4-18-17(22)13-6-5-7-14(10-13)19-15(20)11-23-16(21)9-8-12(2)3/h5-7,10,12H,4,8-9,11H2,1-3H3,(H,18,22)(H,19,20). The van der Waals surface area contributed by atoms with Crippen LogP contribution in [0.2, 0.25) is 0 Å². The Morgan fingerprint density at radius 2 is 1.96 bits per heavy atom. The van der Waals surface area contributed by atoms with Gasteiger partial charge in [-0.05, 0) is 37.5 Å². The highest BCUT2D eigenvalue weighted by Crippen LogP contribution is 2.11. The molecule has 0 radical (unpaired) electrons. The summed E-state index contributed by atoms with van der Waals surface area (Å²) in [6.07, 6.45) is 1.03. The third kappa shape index (κ3) is 7.44. The SMILES string of the molecule is CCNC(=O)c1cccc(NC(=O)COC(=O)CCC(C)C)c1. The van der Waals surface area contributed by atoms with E-state index in [2.05, 4.69) is 10.6 Å². The van der Waals surface area contributed by atoms with Gasteiger partial charge in [-0.3, -0.25) is 14.4 Å². The first-order valence-corrected chi connectivity index (χ1v) is 7.76. The molecule has 0 aliphatic carbocycles. The lowest BCUT2D eigenvalue weighted by Gasteiger charge is -2.09. The average molecular weight is 320 g/mol. The quantitative estimate of drug-likeness (QED) is 0.720. The van der Waals surface area contributed by atoms with Crippen molar-refractivity contribution >= 4 is 23.5 Å². The Labute approximate surface area is 136 Å². The van der Waals surface area contributed by atoms with E-state index in [1.807, 2.05) is 20.8 Å². The molecule has 1 aromatic rings. The van der Waals surface area contributed by atoms with Gasteiger partial charge < -0.3 is 15.4 Å². The highest BCUT2D eigenvalue weighted by molar-refractivity contribution is 5.97. The van der Waals surface area contributed by atoms with E-state index < -0.39 is 5.91 Å². The first kappa shape index (κ1) is 18.7. The van der Waals surface area contributed by atoms with Crippen LogP contribution < -0.4 is 10.6 Å². The summed E-state index contributed by atoms with van der Waals surface area (Å²) in [5.41, 5.74) is 0.940. The molecular weight excluding hydrogens is 296 g/mol. The third-order valence-electron chi connectivity index (χ3n) is 3.04. The van der Waals surface area contributed by atoms with Gasteiger partial charge >= 0.3 is 5.97 Å². The number of carbonyl (C=O) groups excluding carboxylic acids is 3. The molecule has 0 unspecified atom stereocenters. The molecule has 0 aliphatic rings. The first-order valence-electron chi connectivity index (χ1n) is 7.76. The molecule has 0 fully saturated rings. The van der Waals surface area contributed by atoms with Gasteiger partial charge in [0.1, 0.15) is 0 Å². The van der Waals surface area contributed by atoms with Gasteiger partial charge in [0.15, 0.2) is 6.61 Å². The first-order chi connectivity index (χ1) is 10.9. The molecule has 0 aliphatic heterocycles. The summed E-state index contributed by atoms with van der Waals surface area (Å²) in [6, 6.07) is 6.58. The summed E-state index contributed by atoms with van der Waals surface area (Å²) < 4.78 is 4.91. The van der Waals surface area contributed by atoms with E-state index in [1.165, 1.54) is 0 Å². The molecule has 0 bridgehead atoms. The maximum absolute atomic E-state index is 11.8. The van der Waals surface area contributed by atoms with Crippen LogP contribution in [0.5, 0.6) is 0 Å². The molecule has 0 heterocycles. The van der Waals surface area contributed by atoms with Gasteiger partial charge in [0.25, 0.3) is 11.8 Å². The van der Waals surface area contributed by atoms with Crippen molar-refractivity contribution in [3.8, 4) is 0 Å². The van der Waals surface area contributed by atoms with Crippen LogP contribution >= 0.6 is 0 Å². The van der Waals surface area contributed by atoms with Crippen molar-refractivity contribution in [2.45, 2.75) is 33.6 Å². The van der Waals surface area contributed by atoms with Crippen molar-refractivity contribution in [2.24, 2.45) is 5.92 Å². The number of amides is 2. The van der Waals surface area contributed by atoms with E-state index in [-0.39, 0.29) is 18.5 Å². The summed E-state index contributed by atoms with van der Waals surface area (Å²) in [5, 5.41) is 5.29. The van der Waals surface area contributed by atoms with Crippen LogP contribution in [-0.4, -0.2) is 30.9 Å². The minimum absolute atomic E-state index is 0.205. The highest BCUT2D eigenvalue weighted by Gasteiger charge is 2.10. The predicted molar refractivity (Wildman–Crippen MR) is 88.1 cm³/mol. The van der Waals surface area contributed by atoms with Crippen LogP contribution in [0.1, 0.15) is 44.0 Å². The Kier molecular flexibility index (Phi) is 7.80. The Morgan fingerprint density at radius 3 is 2.61 bits per heavy atom. The van der Waals surface area contributed by atoms with Gasteiger partial charge in [0.2, 0.25) is 0 Å².